The summed E-state index contributed by atoms with van der Waals surface area (Å²) in [5, 5.41) is 10.4. The molecule has 0 amide bonds. The van der Waals surface area contributed by atoms with Crippen molar-refractivity contribution >= 4 is 72.4 Å². The van der Waals surface area contributed by atoms with Crippen molar-refractivity contribution in [2.45, 2.75) is 0 Å². The van der Waals surface area contributed by atoms with Crippen LogP contribution < -0.4 is 20.7 Å². The number of benzene rings is 9. The average Bonchev–Trinajstić information content (AvgIpc) is 3.81. The van der Waals surface area contributed by atoms with E-state index in [1.165, 1.54) is 81.2 Å². The molecule has 0 N–H and O–H groups in total. The van der Waals surface area contributed by atoms with Crippen molar-refractivity contribution in [1.29, 1.82) is 0 Å². The Morgan fingerprint density at radius 1 is 0.298 bits per heavy atom. The van der Waals surface area contributed by atoms with E-state index in [1.807, 2.05) is 0 Å². The van der Waals surface area contributed by atoms with Gasteiger partial charge in [0.25, 0.3) is 0 Å². The standard InChI is InChI=1S/C54H38N2Si/c1-6-20-39(21-7-1)45-36-37-49-47-31-17-18-32-50(47)55(40-22-8-2-9-23-40)54(49)53(45)56-51-33-19-16-30-46(51)48-35-34-44(38-52(48)56)57(41-24-10-3-11-25-41,42-26-12-4-13-27-42)43-28-14-5-15-29-43/h1-38H. The molecule has 2 aromatic heterocycles. The topological polar surface area (TPSA) is 9.86 Å². The van der Waals surface area contributed by atoms with Gasteiger partial charge in [0.1, 0.15) is 0 Å². The Morgan fingerprint density at radius 2 is 0.737 bits per heavy atom. The Hall–Kier alpha value is -7.20. The summed E-state index contributed by atoms with van der Waals surface area (Å²) in [7, 11) is -2.83. The van der Waals surface area contributed by atoms with Crippen molar-refractivity contribution in [3.8, 4) is 22.5 Å². The van der Waals surface area contributed by atoms with Crippen LogP contribution in [-0.4, -0.2) is 17.2 Å². The van der Waals surface area contributed by atoms with Crippen molar-refractivity contribution in [2.75, 3.05) is 0 Å². The number of nitrogens with zero attached hydrogens (tertiary/aromatic N) is 2. The third-order valence-corrected chi connectivity index (χ3v) is 16.6. The maximum Gasteiger partial charge on any atom is 0.179 e. The van der Waals surface area contributed by atoms with Crippen LogP contribution in [0.4, 0.5) is 0 Å². The van der Waals surface area contributed by atoms with Crippen LogP contribution in [0.5, 0.6) is 0 Å². The molecule has 0 aliphatic rings. The molecule has 268 valence electrons. The predicted octanol–water partition coefficient (Wildman–Crippen LogP) is 10.9. The van der Waals surface area contributed by atoms with Gasteiger partial charge in [-0.2, -0.15) is 0 Å². The van der Waals surface area contributed by atoms with E-state index >= 15 is 0 Å². The first-order chi connectivity index (χ1) is 28.3. The molecule has 0 bridgehead atoms. The largest absolute Gasteiger partial charge is 0.307 e. The van der Waals surface area contributed by atoms with Crippen LogP contribution in [-0.2, 0) is 0 Å². The van der Waals surface area contributed by atoms with Crippen LogP contribution in [0.15, 0.2) is 231 Å². The highest BCUT2D eigenvalue weighted by molar-refractivity contribution is 7.20. The number of hydrogen-bond donors (Lipinski definition) is 0. The van der Waals surface area contributed by atoms with Gasteiger partial charge in [0.15, 0.2) is 8.07 Å². The zero-order chi connectivity index (χ0) is 37.8. The van der Waals surface area contributed by atoms with Crippen molar-refractivity contribution in [1.82, 2.24) is 9.13 Å². The quantitative estimate of drug-likeness (QED) is 0.114. The van der Waals surface area contributed by atoms with Gasteiger partial charge >= 0.3 is 0 Å². The first kappa shape index (κ1) is 33.2. The molecule has 9 aromatic carbocycles. The number of para-hydroxylation sites is 3. The molecule has 0 aliphatic carbocycles. The Kier molecular flexibility index (Phi) is 7.87. The van der Waals surface area contributed by atoms with Crippen LogP contribution in [0.25, 0.3) is 66.1 Å². The summed E-state index contributed by atoms with van der Waals surface area (Å²) < 4.78 is 5.06. The molecule has 0 saturated carbocycles. The maximum atomic E-state index is 2.58. The Morgan fingerprint density at radius 3 is 1.32 bits per heavy atom. The molecule has 3 heteroatoms. The summed E-state index contributed by atoms with van der Waals surface area (Å²) in [5.74, 6) is 0. The molecule has 0 unspecified atom stereocenters. The van der Waals surface area contributed by atoms with E-state index in [0.29, 0.717) is 0 Å². The summed E-state index contributed by atoms with van der Waals surface area (Å²) in [6.45, 7) is 0. The molecular formula is C54H38N2Si. The lowest BCUT2D eigenvalue weighted by molar-refractivity contribution is 1.13. The Labute approximate surface area is 333 Å². The second-order valence-corrected chi connectivity index (χ2v) is 18.7. The highest BCUT2D eigenvalue weighted by Crippen LogP contribution is 2.43. The molecule has 2 heterocycles. The number of hydrogen-bond acceptors (Lipinski definition) is 0. The van der Waals surface area contributed by atoms with Crippen LogP contribution in [0, 0.1) is 0 Å². The summed E-state index contributed by atoms with van der Waals surface area (Å²) >= 11 is 0. The molecule has 0 aliphatic heterocycles. The van der Waals surface area contributed by atoms with Gasteiger partial charge in [-0.15, -0.1) is 0 Å². The summed E-state index contributed by atoms with van der Waals surface area (Å²) in [4.78, 5) is 0. The molecule has 0 radical (unpaired) electrons. The predicted molar refractivity (Wildman–Crippen MR) is 244 cm³/mol. The van der Waals surface area contributed by atoms with Crippen molar-refractivity contribution in [2.24, 2.45) is 0 Å². The second-order valence-electron chi connectivity index (χ2n) is 14.8. The van der Waals surface area contributed by atoms with Gasteiger partial charge in [-0.25, -0.2) is 0 Å². The van der Waals surface area contributed by atoms with Crippen LogP contribution in [0.1, 0.15) is 0 Å². The van der Waals surface area contributed by atoms with E-state index in [1.54, 1.807) is 0 Å². The lowest BCUT2D eigenvalue weighted by atomic mass is 10.00. The lowest BCUT2D eigenvalue weighted by Crippen LogP contribution is -2.74. The summed E-state index contributed by atoms with van der Waals surface area (Å²) in [6, 6.07) is 85.3. The fourth-order valence-corrected chi connectivity index (χ4v) is 14.2. The van der Waals surface area contributed by atoms with Gasteiger partial charge in [0.05, 0.1) is 27.8 Å². The highest BCUT2D eigenvalue weighted by Gasteiger charge is 2.41. The number of rotatable bonds is 7. The van der Waals surface area contributed by atoms with Crippen molar-refractivity contribution in [3.63, 3.8) is 0 Å². The zero-order valence-corrected chi connectivity index (χ0v) is 32.3. The van der Waals surface area contributed by atoms with Crippen molar-refractivity contribution < 1.29 is 0 Å². The maximum absolute atomic E-state index is 2.83. The molecule has 0 saturated heterocycles. The molecule has 57 heavy (non-hydrogen) atoms. The number of aromatic nitrogens is 2. The van der Waals surface area contributed by atoms with E-state index in [2.05, 4.69) is 240 Å². The minimum absolute atomic E-state index is 1.14. The van der Waals surface area contributed by atoms with Gasteiger partial charge in [-0.3, -0.25) is 0 Å². The van der Waals surface area contributed by atoms with Gasteiger partial charge in [-0.05, 0) is 56.6 Å². The fourth-order valence-electron chi connectivity index (χ4n) is 9.47. The molecule has 2 nitrogen and oxygen atoms in total. The molecule has 11 aromatic rings. The van der Waals surface area contributed by atoms with Gasteiger partial charge in [-0.1, -0.05) is 200 Å². The van der Waals surface area contributed by atoms with Crippen LogP contribution >= 0.6 is 0 Å². The third-order valence-electron chi connectivity index (χ3n) is 11.9. The van der Waals surface area contributed by atoms with Crippen LogP contribution in [0.3, 0.4) is 0 Å². The fraction of sp³-hybridized carbons (Fsp3) is 0. The van der Waals surface area contributed by atoms with E-state index in [-0.39, 0.29) is 0 Å². The number of fused-ring (bicyclic) bond motifs is 6. The Balaban J connectivity index is 1.34. The van der Waals surface area contributed by atoms with E-state index < -0.39 is 8.07 Å². The van der Waals surface area contributed by atoms with Gasteiger partial charge < -0.3 is 9.13 Å². The first-order valence-electron chi connectivity index (χ1n) is 19.7. The summed E-state index contributed by atoms with van der Waals surface area (Å²) in [6.07, 6.45) is 0. The van der Waals surface area contributed by atoms with E-state index in [4.69, 9.17) is 0 Å². The molecule has 0 spiro atoms. The second kappa shape index (κ2) is 13.5. The van der Waals surface area contributed by atoms with Crippen molar-refractivity contribution in [3.05, 3.63) is 231 Å². The first-order valence-corrected chi connectivity index (χ1v) is 21.7. The lowest BCUT2D eigenvalue weighted by Gasteiger charge is -2.34. The van der Waals surface area contributed by atoms with Crippen LogP contribution in [0.2, 0.25) is 0 Å². The molecule has 0 atom stereocenters. The minimum Gasteiger partial charge on any atom is -0.307 e. The normalized spacial score (nSPS) is 11.9. The van der Waals surface area contributed by atoms with E-state index in [9.17, 15) is 0 Å². The SMILES string of the molecule is c1ccc(-c2ccc3c4ccccc4n(-c4ccccc4)c3c2-n2c3ccccc3c3ccc([Si](c4ccccc4)(c4ccccc4)c4ccccc4)cc32)cc1. The summed E-state index contributed by atoms with van der Waals surface area (Å²) in [5.41, 5.74) is 9.45. The van der Waals surface area contributed by atoms with Gasteiger partial charge in [0.2, 0.25) is 0 Å². The van der Waals surface area contributed by atoms with Gasteiger partial charge in [0, 0.05) is 32.8 Å². The average molecular weight is 743 g/mol. The smallest absolute Gasteiger partial charge is 0.179 e. The third kappa shape index (κ3) is 5.10. The van der Waals surface area contributed by atoms with E-state index in [0.717, 1.165) is 5.69 Å². The zero-order valence-electron chi connectivity index (χ0n) is 31.3. The Bertz CT molecular complexity index is 3110. The molecular weight excluding hydrogens is 705 g/mol. The molecule has 11 rings (SSSR count). The highest BCUT2D eigenvalue weighted by atomic mass is 28.3. The monoisotopic (exact) mass is 742 g/mol. The minimum atomic E-state index is -2.83. The molecule has 0 fully saturated rings.